The maximum Gasteiger partial charge on any atom is 0.259 e. The summed E-state index contributed by atoms with van der Waals surface area (Å²) in [5.41, 5.74) is 28.6. The van der Waals surface area contributed by atoms with Crippen LogP contribution in [0.3, 0.4) is 0 Å². The zero-order chi connectivity index (χ0) is 57.7. The number of hydrogen-bond acceptors (Lipinski definition) is 4. The third kappa shape index (κ3) is 7.39. The summed E-state index contributed by atoms with van der Waals surface area (Å²) in [4.78, 5) is 10.4. The fourth-order valence-electron chi connectivity index (χ4n) is 19.3. The van der Waals surface area contributed by atoms with Gasteiger partial charge in [-0.05, 0) is 243 Å². The van der Waals surface area contributed by atoms with E-state index in [0.717, 1.165) is 0 Å². The Hall–Kier alpha value is -4.35. The predicted octanol–water partition coefficient (Wildman–Crippen LogP) is 20.0. The Kier molecular flexibility index (Phi) is 11.3. The Morgan fingerprint density at radius 2 is 0.914 bits per heavy atom. The lowest BCUT2D eigenvalue weighted by Crippen LogP contribution is -2.57. The number of thioether (sulfide) groups is 1. The molecule has 0 amide bonds. The van der Waals surface area contributed by atoms with Crippen LogP contribution >= 0.6 is 11.8 Å². The highest BCUT2D eigenvalue weighted by Crippen LogP contribution is 2.68. The molecule has 0 bridgehead atoms. The summed E-state index contributed by atoms with van der Waals surface area (Å²) < 4.78 is 0. The molecule has 4 aliphatic heterocycles. The summed E-state index contributed by atoms with van der Waals surface area (Å²) >= 11 is 2.32. The van der Waals surface area contributed by atoms with Crippen LogP contribution in [-0.4, -0.2) is 17.5 Å². The molecule has 9 aliphatic rings. The highest BCUT2D eigenvalue weighted by Gasteiger charge is 2.62. The summed E-state index contributed by atoms with van der Waals surface area (Å²) in [7, 11) is 0. The van der Waals surface area contributed by atoms with Crippen molar-refractivity contribution >= 4 is 69.2 Å². The van der Waals surface area contributed by atoms with Crippen LogP contribution in [0.5, 0.6) is 0 Å². The maximum absolute atomic E-state index is 2.96. The van der Waals surface area contributed by atoms with Gasteiger partial charge < -0.3 is 14.7 Å². The van der Waals surface area contributed by atoms with E-state index in [1.807, 2.05) is 0 Å². The molecule has 14 rings (SSSR count). The second kappa shape index (κ2) is 16.8. The van der Waals surface area contributed by atoms with E-state index in [4.69, 9.17) is 0 Å². The van der Waals surface area contributed by atoms with Crippen LogP contribution < -0.4 is 25.6 Å². The molecule has 5 aromatic carbocycles. The lowest BCUT2D eigenvalue weighted by molar-refractivity contribution is 0.0881. The third-order valence-corrected chi connectivity index (χ3v) is 26.9. The normalized spacial score (nSPS) is 29.3. The first-order chi connectivity index (χ1) is 37.6. The molecule has 3 nitrogen and oxygen atoms in total. The van der Waals surface area contributed by atoms with Crippen LogP contribution in [0.4, 0.5) is 39.8 Å². The van der Waals surface area contributed by atoms with Crippen molar-refractivity contribution in [2.24, 2.45) is 16.7 Å². The molecule has 4 atom stereocenters. The second-order valence-electron chi connectivity index (χ2n) is 34.1. The average molecular weight is 1100 g/mol. The molecule has 4 unspecified atom stereocenters. The van der Waals surface area contributed by atoms with Crippen molar-refractivity contribution < 1.29 is 0 Å². The summed E-state index contributed by atoms with van der Waals surface area (Å²) in [5.74, 6) is 0.375. The van der Waals surface area contributed by atoms with Gasteiger partial charge in [0.2, 0.25) is 0 Å². The molecule has 81 heavy (non-hydrogen) atoms. The molecular formula is C76H98BN3S. The van der Waals surface area contributed by atoms with Crippen LogP contribution in [0.25, 0.3) is 0 Å². The number of fused-ring (bicyclic) bond motifs is 11. The van der Waals surface area contributed by atoms with Crippen molar-refractivity contribution in [1.29, 1.82) is 0 Å². The number of allylic oxidation sites excluding steroid dienone is 1. The first kappa shape index (κ1) is 54.6. The van der Waals surface area contributed by atoms with Gasteiger partial charge in [0.05, 0.1) is 5.54 Å². The molecule has 426 valence electrons. The van der Waals surface area contributed by atoms with Gasteiger partial charge in [0.1, 0.15) is 0 Å². The number of aryl methyl sites for hydroxylation is 2. The van der Waals surface area contributed by atoms with Crippen LogP contribution in [0.1, 0.15) is 252 Å². The number of anilines is 7. The molecule has 0 aromatic heterocycles. The summed E-state index contributed by atoms with van der Waals surface area (Å²) in [5, 5.41) is 0.456. The van der Waals surface area contributed by atoms with E-state index in [9.17, 15) is 0 Å². The van der Waals surface area contributed by atoms with Gasteiger partial charge in [-0.25, -0.2) is 0 Å². The van der Waals surface area contributed by atoms with E-state index in [2.05, 4.69) is 238 Å². The number of nitrogens with zero attached hydrogens (tertiary/aromatic N) is 3. The van der Waals surface area contributed by atoms with E-state index >= 15 is 0 Å². The Balaban J connectivity index is 1.15. The van der Waals surface area contributed by atoms with E-state index in [1.54, 1.807) is 32.8 Å². The van der Waals surface area contributed by atoms with E-state index in [-0.39, 0.29) is 61.0 Å². The van der Waals surface area contributed by atoms with Crippen LogP contribution in [0.15, 0.2) is 83.3 Å². The Morgan fingerprint density at radius 1 is 0.432 bits per heavy atom. The Labute approximate surface area is 495 Å². The minimum atomic E-state index is -0.116. The lowest BCUT2D eigenvalue weighted by atomic mass is 9.35. The SMILES string of the molecule is Cc1cc(C)c2c(c1)N(c1cc3c4c(c1)N(c1ccc5c(c1)C(C)(C)CCC5(C)C)c1cc5c(cc1B4C1=C(C4C(S1)C(C)(C)CCC4(C)C)N3c1ccc3c(c1)C(C)(C)CCC3(C)C)C(C)(C)CCC5(C)C)C1(C)CCCCC21C. The van der Waals surface area contributed by atoms with Crippen molar-refractivity contribution in [1.82, 2.24) is 0 Å². The first-order valence-electron chi connectivity index (χ1n) is 32.2. The third-order valence-electron chi connectivity index (χ3n) is 25.0. The van der Waals surface area contributed by atoms with Gasteiger partial charge in [-0.3, -0.25) is 0 Å². The van der Waals surface area contributed by atoms with Gasteiger partial charge in [-0.1, -0.05) is 155 Å². The molecule has 0 saturated heterocycles. The molecule has 5 heteroatoms. The fraction of sp³-hybridized carbons (Fsp3) is 0.579. The van der Waals surface area contributed by atoms with E-state index in [0.29, 0.717) is 11.2 Å². The second-order valence-corrected chi connectivity index (χ2v) is 35.3. The van der Waals surface area contributed by atoms with Crippen molar-refractivity contribution in [2.45, 2.75) is 264 Å². The van der Waals surface area contributed by atoms with Gasteiger partial charge in [0.25, 0.3) is 6.71 Å². The highest BCUT2D eigenvalue weighted by atomic mass is 32.2. The summed E-state index contributed by atoms with van der Waals surface area (Å²) in [6.07, 6.45) is 14.6. The fourth-order valence-corrected chi connectivity index (χ4v) is 21.3. The molecule has 0 radical (unpaired) electrons. The minimum Gasteiger partial charge on any atom is -0.334 e. The standard InChI is InChI=1S/C76H98BN3S/c1-45-37-46(2)61-58(38-45)80(76(20)28-22-21-27-75(61,76)19)49-41-59-63-60(42-49)79(48-24-26-51-53(40-48)70(9,10)32-30-68(51,5)6)64-62-65(74(17,18)36-35-73(62,15)16)81-66(64)77(63)56-43-54-55(72(13,14)34-33-71(54,11)12)44-57(56)78(59)47-23-25-50-52(39-47)69(7,8)31-29-67(50,3)4/h23-26,37-44,62,65H,21-22,27-36H2,1-20H3. The topological polar surface area (TPSA) is 9.72 Å². The van der Waals surface area contributed by atoms with Crippen LogP contribution in [0, 0.1) is 30.6 Å². The molecule has 4 heterocycles. The molecule has 0 N–H and O–H groups in total. The number of benzene rings is 5. The van der Waals surface area contributed by atoms with Crippen LogP contribution in [0.2, 0.25) is 0 Å². The van der Waals surface area contributed by atoms with Crippen molar-refractivity contribution in [3.05, 3.63) is 133 Å². The quantitative estimate of drug-likeness (QED) is 0.167. The zero-order valence-corrected chi connectivity index (χ0v) is 54.7. The molecule has 0 spiro atoms. The summed E-state index contributed by atoms with van der Waals surface area (Å²) in [6, 6.07) is 31.9. The van der Waals surface area contributed by atoms with Gasteiger partial charge in [0, 0.05) is 62.1 Å². The Bertz CT molecular complexity index is 3600. The molecule has 2 fully saturated rings. The van der Waals surface area contributed by atoms with Gasteiger partial charge in [0.15, 0.2) is 0 Å². The smallest absolute Gasteiger partial charge is 0.259 e. The van der Waals surface area contributed by atoms with E-state index < -0.39 is 0 Å². The van der Waals surface area contributed by atoms with Gasteiger partial charge in [-0.2, -0.15) is 0 Å². The minimum absolute atomic E-state index is 0.00787. The average Bonchev–Trinajstić information content (AvgIpc) is 1.89. The lowest BCUT2D eigenvalue weighted by Gasteiger charge is -2.53. The van der Waals surface area contributed by atoms with Crippen molar-refractivity contribution in [2.75, 3.05) is 14.7 Å². The zero-order valence-electron chi connectivity index (χ0n) is 53.9. The van der Waals surface area contributed by atoms with Crippen LogP contribution in [-0.2, 0) is 37.9 Å². The highest BCUT2D eigenvalue weighted by molar-refractivity contribution is 8.06. The molecular weight excluding hydrogens is 998 g/mol. The molecule has 5 aromatic rings. The largest absolute Gasteiger partial charge is 0.334 e. The van der Waals surface area contributed by atoms with Crippen molar-refractivity contribution in [3.63, 3.8) is 0 Å². The molecule has 5 aliphatic carbocycles. The first-order valence-corrected chi connectivity index (χ1v) is 33.1. The summed E-state index contributed by atoms with van der Waals surface area (Å²) in [6.45, 7) is 51.1. The van der Waals surface area contributed by atoms with Crippen molar-refractivity contribution in [3.8, 4) is 0 Å². The molecule has 2 saturated carbocycles. The van der Waals surface area contributed by atoms with Gasteiger partial charge >= 0.3 is 0 Å². The predicted molar refractivity (Wildman–Crippen MR) is 352 cm³/mol. The maximum atomic E-state index is 2.96. The number of rotatable bonds is 3. The van der Waals surface area contributed by atoms with Gasteiger partial charge in [-0.15, -0.1) is 11.8 Å². The van der Waals surface area contributed by atoms with E-state index in [1.165, 1.54) is 156 Å². The monoisotopic (exact) mass is 1100 g/mol. The number of hydrogen-bond donors (Lipinski definition) is 0. The Morgan fingerprint density at radius 3 is 1.48 bits per heavy atom.